The van der Waals surface area contributed by atoms with Crippen molar-refractivity contribution in [1.29, 1.82) is 0 Å². The molecule has 0 heterocycles. The fourth-order valence-electron chi connectivity index (χ4n) is 8.40. The van der Waals surface area contributed by atoms with E-state index < -0.39 is 10.8 Å². The molecule has 77 heavy (non-hydrogen) atoms. The number of ether oxygens (including phenoxy) is 7. The fraction of sp³-hybridized carbons (Fsp3) is 0.898. The van der Waals surface area contributed by atoms with Crippen molar-refractivity contribution in [3.63, 3.8) is 0 Å². The highest BCUT2D eigenvalue weighted by Crippen LogP contribution is 2.27. The van der Waals surface area contributed by atoms with Gasteiger partial charge in [-0.25, -0.2) is 0 Å². The van der Waals surface area contributed by atoms with Crippen LogP contribution in [0.5, 0.6) is 0 Å². The lowest BCUT2D eigenvalue weighted by molar-refractivity contribution is -0.126. The van der Waals surface area contributed by atoms with Gasteiger partial charge in [0.2, 0.25) is 17.7 Å². The highest BCUT2D eigenvalue weighted by atomic mass is 16.5. The third-order valence-corrected chi connectivity index (χ3v) is 13.6. The van der Waals surface area contributed by atoms with Gasteiger partial charge in [0.25, 0.3) is 0 Å². The first-order chi connectivity index (χ1) is 36.5. The standard InChI is InChI=1S/C59H113N5O13/c1-14-58(41-74-35-48(8)60,39-72-33-47(7)30-54(67)24-18-21-27-57(70)64-51(11)77-31-44(3)4)38-71-32-46(6)29-53(66)23-17-20-26-56(69)63-50(10)37-76-43-59(15-2,42-75-36-49(9)61-12)40-73-34-45(5)28-52(65)22-16-19-25-55(68)62-13/h44-51,61H,14-43,60H2,1-13H3,(H,62,68)(H,63,69)(H,64,70). The predicted molar refractivity (Wildman–Crippen MR) is 304 cm³/mol. The third kappa shape index (κ3) is 40.8. The van der Waals surface area contributed by atoms with Crippen LogP contribution in [-0.2, 0) is 61.9 Å². The molecule has 0 aromatic carbocycles. The molecule has 0 aliphatic rings. The Labute approximate surface area is 466 Å². The lowest BCUT2D eigenvalue weighted by atomic mass is 9.87. The van der Waals surface area contributed by atoms with Gasteiger partial charge in [-0.15, -0.1) is 0 Å². The Morgan fingerprint density at radius 2 is 0.766 bits per heavy atom. The Morgan fingerprint density at radius 3 is 1.12 bits per heavy atom. The van der Waals surface area contributed by atoms with Crippen LogP contribution in [0.4, 0.5) is 0 Å². The summed E-state index contributed by atoms with van der Waals surface area (Å²) in [5.41, 5.74) is 5.14. The predicted octanol–water partition coefficient (Wildman–Crippen LogP) is 7.69. The maximum absolute atomic E-state index is 13.0. The van der Waals surface area contributed by atoms with Crippen molar-refractivity contribution >= 4 is 35.1 Å². The van der Waals surface area contributed by atoms with Crippen LogP contribution in [-0.4, -0.2) is 159 Å². The summed E-state index contributed by atoms with van der Waals surface area (Å²) in [6.45, 7) is 27.5. The molecule has 0 aromatic rings. The van der Waals surface area contributed by atoms with Crippen molar-refractivity contribution in [2.75, 3.05) is 100.0 Å². The van der Waals surface area contributed by atoms with Crippen LogP contribution in [0.15, 0.2) is 0 Å². The maximum atomic E-state index is 13.0. The second-order valence-corrected chi connectivity index (χ2v) is 23.2. The van der Waals surface area contributed by atoms with Crippen molar-refractivity contribution in [2.24, 2.45) is 40.2 Å². The topological polar surface area (TPSA) is 241 Å². The third-order valence-electron chi connectivity index (χ3n) is 13.6. The van der Waals surface area contributed by atoms with Gasteiger partial charge in [-0.2, -0.15) is 0 Å². The zero-order valence-corrected chi connectivity index (χ0v) is 50.7. The second kappa shape index (κ2) is 44.8. The maximum Gasteiger partial charge on any atom is 0.221 e. The van der Waals surface area contributed by atoms with Gasteiger partial charge in [0, 0.05) is 114 Å². The Morgan fingerprint density at radius 1 is 0.429 bits per heavy atom. The van der Waals surface area contributed by atoms with E-state index >= 15 is 0 Å². The van der Waals surface area contributed by atoms with Gasteiger partial charge in [-0.05, 0) is 110 Å². The van der Waals surface area contributed by atoms with E-state index in [2.05, 4.69) is 55.9 Å². The van der Waals surface area contributed by atoms with Crippen molar-refractivity contribution in [1.82, 2.24) is 21.3 Å². The number of amides is 3. The number of Topliss-reactive ketones (excluding diaryl/α,β-unsaturated/α-hetero) is 3. The molecule has 0 aliphatic carbocycles. The van der Waals surface area contributed by atoms with E-state index in [9.17, 15) is 28.8 Å². The molecule has 0 spiro atoms. The minimum absolute atomic E-state index is 0.00399. The number of nitrogens with two attached hydrogens (primary N) is 1. The van der Waals surface area contributed by atoms with Gasteiger partial charge in [0.1, 0.15) is 23.6 Å². The lowest BCUT2D eigenvalue weighted by Crippen LogP contribution is -2.41. The Kier molecular flexibility index (Phi) is 43.1. The van der Waals surface area contributed by atoms with Crippen LogP contribution in [0, 0.1) is 34.5 Å². The van der Waals surface area contributed by atoms with Crippen LogP contribution >= 0.6 is 0 Å². The number of ketones is 3. The van der Waals surface area contributed by atoms with Crippen LogP contribution in [0.3, 0.4) is 0 Å². The number of hydrogen-bond acceptors (Lipinski definition) is 15. The van der Waals surface area contributed by atoms with E-state index in [1.165, 1.54) is 0 Å². The van der Waals surface area contributed by atoms with Gasteiger partial charge in [-0.1, -0.05) is 48.5 Å². The van der Waals surface area contributed by atoms with Crippen LogP contribution in [0.1, 0.15) is 185 Å². The SMILES string of the molecule is CCC(COCC(C)N)(COCC(C)CC(=O)CCCCC(=O)NC(C)COCC(CC)(COCC(C)CC(=O)CCCCC(=O)NC)COCC(C)NC)COCC(C)CC(=O)CCCCC(=O)NC(C)OCC(C)C. The number of rotatable bonds is 53. The molecule has 0 saturated heterocycles. The molecule has 0 saturated carbocycles. The quantitative estimate of drug-likeness (QED) is 0.0290. The number of unbranched alkanes of at least 4 members (excludes halogenated alkanes) is 3. The van der Waals surface area contributed by atoms with E-state index in [-0.39, 0.29) is 77.2 Å². The minimum Gasteiger partial charge on any atom is -0.380 e. The van der Waals surface area contributed by atoms with Crippen LogP contribution in [0.25, 0.3) is 0 Å². The minimum atomic E-state index is -0.430. The van der Waals surface area contributed by atoms with E-state index in [1.807, 2.05) is 48.6 Å². The summed E-state index contributed by atoms with van der Waals surface area (Å²) in [7, 11) is 3.51. The number of carbonyl (C=O) groups is 6. The molecule has 9 unspecified atom stereocenters. The summed E-state index contributed by atoms with van der Waals surface area (Å²) in [5, 5.41) is 11.7. The van der Waals surface area contributed by atoms with Crippen molar-refractivity contribution in [2.45, 2.75) is 210 Å². The summed E-state index contributed by atoms with van der Waals surface area (Å²) in [4.78, 5) is 74.9. The molecule has 0 aliphatic heterocycles. The first-order valence-corrected chi connectivity index (χ1v) is 29.4. The summed E-state index contributed by atoms with van der Waals surface area (Å²) >= 11 is 0. The molecule has 0 radical (unpaired) electrons. The van der Waals surface area contributed by atoms with Gasteiger partial charge in [0.05, 0.1) is 66.1 Å². The summed E-state index contributed by atoms with van der Waals surface area (Å²) in [6.07, 6.45) is 8.65. The van der Waals surface area contributed by atoms with Gasteiger partial charge >= 0.3 is 0 Å². The molecule has 0 aromatic heterocycles. The fourth-order valence-corrected chi connectivity index (χ4v) is 8.40. The largest absolute Gasteiger partial charge is 0.380 e. The zero-order valence-electron chi connectivity index (χ0n) is 50.7. The van der Waals surface area contributed by atoms with Gasteiger partial charge < -0.3 is 60.2 Å². The first-order valence-electron chi connectivity index (χ1n) is 29.4. The number of carbonyl (C=O) groups excluding carboxylic acids is 6. The lowest BCUT2D eigenvalue weighted by Gasteiger charge is -2.33. The molecule has 452 valence electrons. The smallest absolute Gasteiger partial charge is 0.221 e. The molecule has 3 amide bonds. The van der Waals surface area contributed by atoms with E-state index in [0.717, 1.165) is 12.8 Å². The zero-order chi connectivity index (χ0) is 58.1. The molecule has 0 rings (SSSR count). The average molecular weight is 1100 g/mol. The summed E-state index contributed by atoms with van der Waals surface area (Å²) < 4.78 is 42.7. The van der Waals surface area contributed by atoms with Crippen molar-refractivity contribution in [3.05, 3.63) is 0 Å². The number of likely N-dealkylation sites (N-methyl/N-ethyl adjacent to an activating group) is 1. The van der Waals surface area contributed by atoms with E-state index in [4.69, 9.17) is 38.9 Å². The highest BCUT2D eigenvalue weighted by molar-refractivity contribution is 5.80. The Balaban J connectivity index is 4.83. The molecular formula is C59H113N5O13. The first kappa shape index (κ1) is 74.1. The molecule has 6 N–H and O–H groups in total. The molecule has 0 bridgehead atoms. The van der Waals surface area contributed by atoms with Crippen molar-refractivity contribution < 1.29 is 61.9 Å². The highest BCUT2D eigenvalue weighted by Gasteiger charge is 2.32. The number of nitrogens with one attached hydrogen (secondary N) is 4. The summed E-state index contributed by atoms with van der Waals surface area (Å²) in [5.74, 6) is 0.785. The Bertz CT molecular complexity index is 1590. The number of hydrogen-bond donors (Lipinski definition) is 5. The average Bonchev–Trinajstić information content (AvgIpc) is 3.36. The normalized spacial score (nSPS) is 16.1. The van der Waals surface area contributed by atoms with Crippen LogP contribution < -0.4 is 27.0 Å². The molecule has 18 heteroatoms. The van der Waals surface area contributed by atoms with E-state index in [0.29, 0.717) is 188 Å². The summed E-state index contributed by atoms with van der Waals surface area (Å²) in [6, 6.07) is -0.157. The monoisotopic (exact) mass is 1100 g/mol. The molecule has 0 fully saturated rings. The van der Waals surface area contributed by atoms with E-state index in [1.54, 1.807) is 7.05 Å². The van der Waals surface area contributed by atoms with Crippen LogP contribution in [0.2, 0.25) is 0 Å². The van der Waals surface area contributed by atoms with Crippen molar-refractivity contribution in [3.8, 4) is 0 Å². The Hall–Kier alpha value is -2.94. The van der Waals surface area contributed by atoms with Gasteiger partial charge in [0.15, 0.2) is 0 Å². The van der Waals surface area contributed by atoms with Gasteiger partial charge in [-0.3, -0.25) is 28.8 Å². The molecule has 9 atom stereocenters. The molecular weight excluding hydrogens is 987 g/mol. The molecule has 18 nitrogen and oxygen atoms in total. The second-order valence-electron chi connectivity index (χ2n) is 23.2.